The Labute approximate surface area is 284 Å². The molecule has 0 bridgehead atoms. The van der Waals surface area contributed by atoms with E-state index in [2.05, 4.69) is 75.7 Å². The minimum absolute atomic E-state index is 0.164. The van der Waals surface area contributed by atoms with Gasteiger partial charge in [-0.25, -0.2) is 4.98 Å². The van der Waals surface area contributed by atoms with Gasteiger partial charge in [0, 0.05) is 75.2 Å². The third-order valence-electron chi connectivity index (χ3n) is 9.01. The first-order valence-corrected chi connectivity index (χ1v) is 19.5. The van der Waals surface area contributed by atoms with Crippen LogP contribution in [0.2, 0.25) is 0 Å². The number of aliphatic hydroxyl groups excluding tert-OH is 1. The summed E-state index contributed by atoms with van der Waals surface area (Å²) in [5.41, 5.74) is 5.13. The van der Waals surface area contributed by atoms with Crippen molar-refractivity contribution in [1.29, 1.82) is 0 Å². The van der Waals surface area contributed by atoms with Crippen LogP contribution in [0.4, 0.5) is 28.8 Å². The molecule has 12 nitrogen and oxygen atoms in total. The van der Waals surface area contributed by atoms with Gasteiger partial charge in [-0.3, -0.25) is 14.9 Å². The fourth-order valence-electron chi connectivity index (χ4n) is 6.67. The first-order valence-electron chi connectivity index (χ1n) is 16.1. The van der Waals surface area contributed by atoms with Gasteiger partial charge in [0.1, 0.15) is 24.2 Å². The zero-order chi connectivity index (χ0) is 33.1. The lowest BCUT2D eigenvalue weighted by molar-refractivity contribution is 0.0997. The highest BCUT2D eigenvalue weighted by atomic mass is 79.9. The number of aryl methyl sites for hydroxylation is 1. The smallest absolute Gasteiger partial charge is 0.229 e. The number of piperidine rings is 1. The van der Waals surface area contributed by atoms with Gasteiger partial charge in [0.05, 0.1) is 40.4 Å². The summed E-state index contributed by atoms with van der Waals surface area (Å²) in [7, 11) is -1.07. The second-order valence-corrected chi connectivity index (χ2v) is 16.5. The fraction of sp³-hybridized carbons (Fsp3) is 0.455. The maximum absolute atomic E-state index is 13.4. The van der Waals surface area contributed by atoms with Gasteiger partial charge in [-0.15, -0.1) is 0 Å². The Bertz CT molecular complexity index is 1780. The summed E-state index contributed by atoms with van der Waals surface area (Å²) in [6, 6.07) is 8.67. The molecule has 250 valence electrons. The zero-order valence-electron chi connectivity index (χ0n) is 27.3. The van der Waals surface area contributed by atoms with Crippen molar-refractivity contribution in [3.63, 3.8) is 0 Å². The number of hydrogen-bond acceptors (Lipinski definition) is 12. The van der Waals surface area contributed by atoms with Gasteiger partial charge in [0.25, 0.3) is 0 Å². The molecule has 2 aromatic heterocycles. The zero-order valence-corrected chi connectivity index (χ0v) is 29.8. The van der Waals surface area contributed by atoms with E-state index in [1.54, 1.807) is 39.0 Å². The molecule has 2 aromatic carbocycles. The van der Waals surface area contributed by atoms with Gasteiger partial charge in [0.15, 0.2) is 0 Å². The van der Waals surface area contributed by atoms with Gasteiger partial charge in [-0.1, -0.05) is 6.92 Å². The number of anilines is 5. The van der Waals surface area contributed by atoms with Gasteiger partial charge in [-0.05, 0) is 72.3 Å². The quantitative estimate of drug-likeness (QED) is 0.168. The van der Waals surface area contributed by atoms with E-state index in [0.29, 0.717) is 50.1 Å². The number of halogens is 1. The van der Waals surface area contributed by atoms with Crippen LogP contribution >= 0.6 is 23.1 Å². The number of piperazine rings is 1. The van der Waals surface area contributed by atoms with Gasteiger partial charge in [0.2, 0.25) is 5.95 Å². The minimum atomic E-state index is -2.75. The molecule has 2 aliphatic rings. The van der Waals surface area contributed by atoms with Crippen LogP contribution in [0.25, 0.3) is 11.0 Å². The maximum Gasteiger partial charge on any atom is 0.229 e. The molecule has 0 aliphatic carbocycles. The van der Waals surface area contributed by atoms with Gasteiger partial charge >= 0.3 is 0 Å². The Morgan fingerprint density at radius 3 is 2.60 bits per heavy atom. The molecule has 2 fully saturated rings. The van der Waals surface area contributed by atoms with Crippen molar-refractivity contribution < 1.29 is 14.4 Å². The second-order valence-electron chi connectivity index (χ2n) is 12.5. The molecule has 0 amide bonds. The lowest BCUT2D eigenvalue weighted by Crippen LogP contribution is -2.57. The standard InChI is InChI=1S/C33H43BrN9O3P/c1-5-21-16-27(29(46-2)17-28(21)42-13-8-23(9-14-42)43-15-12-35-22(19-43)20-44)40-33-38-18-24(34)32(41-33)39-26-7-6-25-30(37-11-10-36-25)31(26)47(3,4)45/h6-7,10-11,16-18,22-23,35,44H,5,8-9,12-15,19-20H2,1-4H3,(H2,38,39,40,41). The first-order chi connectivity index (χ1) is 22.7. The molecular formula is C33H43BrN9O3P. The van der Waals surface area contributed by atoms with Crippen molar-refractivity contribution in [3.8, 4) is 5.75 Å². The highest BCUT2D eigenvalue weighted by Gasteiger charge is 2.29. The maximum atomic E-state index is 13.4. The van der Waals surface area contributed by atoms with E-state index in [9.17, 15) is 9.67 Å². The number of methoxy groups -OCH3 is 1. The third kappa shape index (κ3) is 7.39. The van der Waals surface area contributed by atoms with Crippen LogP contribution in [0.15, 0.2) is 47.3 Å². The number of fused-ring (bicyclic) bond motifs is 1. The lowest BCUT2D eigenvalue weighted by Gasteiger charge is -2.43. The van der Waals surface area contributed by atoms with E-state index in [1.165, 1.54) is 11.3 Å². The van der Waals surface area contributed by atoms with E-state index in [4.69, 9.17) is 9.72 Å². The molecule has 0 spiro atoms. The molecule has 1 atom stereocenters. The summed E-state index contributed by atoms with van der Waals surface area (Å²) in [5, 5.41) is 20.4. The molecular weight excluding hydrogens is 681 g/mol. The fourth-order valence-corrected chi connectivity index (χ4v) is 8.35. The molecule has 4 aromatic rings. The highest BCUT2D eigenvalue weighted by Crippen LogP contribution is 2.42. The van der Waals surface area contributed by atoms with Crippen LogP contribution in [0, 0.1) is 0 Å². The van der Waals surface area contributed by atoms with Crippen LogP contribution in [-0.4, -0.2) is 102 Å². The summed E-state index contributed by atoms with van der Waals surface area (Å²) < 4.78 is 20.0. The number of hydrogen-bond donors (Lipinski definition) is 4. The van der Waals surface area contributed by atoms with Crippen molar-refractivity contribution in [2.75, 3.05) is 75.3 Å². The van der Waals surface area contributed by atoms with E-state index < -0.39 is 7.14 Å². The number of nitrogens with zero attached hydrogens (tertiary/aromatic N) is 6. The van der Waals surface area contributed by atoms with Crippen LogP contribution in [0.1, 0.15) is 25.3 Å². The molecule has 0 radical (unpaired) electrons. The van der Waals surface area contributed by atoms with Gasteiger partial charge in [-0.2, -0.15) is 4.98 Å². The summed E-state index contributed by atoms with van der Waals surface area (Å²) in [4.78, 5) is 23.2. The van der Waals surface area contributed by atoms with Crippen LogP contribution in [0.5, 0.6) is 5.75 Å². The summed E-state index contributed by atoms with van der Waals surface area (Å²) >= 11 is 3.58. The predicted octanol–water partition coefficient (Wildman–Crippen LogP) is 4.72. The number of benzene rings is 2. The Morgan fingerprint density at radius 2 is 1.87 bits per heavy atom. The van der Waals surface area contributed by atoms with Crippen molar-refractivity contribution >= 4 is 68.2 Å². The SMILES string of the molecule is CCc1cc(Nc2ncc(Br)c(Nc3ccc4nccnc4c3P(C)(C)=O)n2)c(OC)cc1N1CCC(N2CCNC(CO)C2)CC1. The Hall–Kier alpha value is -3.35. The van der Waals surface area contributed by atoms with E-state index in [-0.39, 0.29) is 12.6 Å². The Balaban J connectivity index is 1.22. The number of ether oxygens (including phenoxy) is 1. The normalized spacial score (nSPS) is 18.0. The number of aliphatic hydroxyl groups is 1. The van der Waals surface area contributed by atoms with Crippen molar-refractivity contribution in [3.05, 3.63) is 52.9 Å². The monoisotopic (exact) mass is 723 g/mol. The van der Waals surface area contributed by atoms with Crippen molar-refractivity contribution in [1.82, 2.24) is 30.2 Å². The minimum Gasteiger partial charge on any atom is -0.494 e. The molecule has 2 saturated heterocycles. The average Bonchev–Trinajstić information content (AvgIpc) is 3.09. The van der Waals surface area contributed by atoms with E-state index in [1.807, 2.05) is 12.1 Å². The molecule has 14 heteroatoms. The Kier molecular flexibility index (Phi) is 10.3. The second kappa shape index (κ2) is 14.4. The van der Waals surface area contributed by atoms with Crippen LogP contribution in [0.3, 0.4) is 0 Å². The summed E-state index contributed by atoms with van der Waals surface area (Å²) in [5.74, 6) is 1.62. The molecule has 1 unspecified atom stereocenters. The van der Waals surface area contributed by atoms with E-state index in [0.717, 1.165) is 57.7 Å². The Morgan fingerprint density at radius 1 is 1.09 bits per heavy atom. The third-order valence-corrected chi connectivity index (χ3v) is 11.1. The van der Waals surface area contributed by atoms with Crippen molar-refractivity contribution in [2.24, 2.45) is 0 Å². The predicted molar refractivity (Wildman–Crippen MR) is 193 cm³/mol. The van der Waals surface area contributed by atoms with Gasteiger partial charge < -0.3 is 35.3 Å². The molecule has 2 aliphatic heterocycles. The molecule has 47 heavy (non-hydrogen) atoms. The topological polar surface area (TPSA) is 141 Å². The average molecular weight is 725 g/mol. The largest absolute Gasteiger partial charge is 0.494 e. The molecule has 0 saturated carbocycles. The first kappa shape index (κ1) is 33.5. The van der Waals surface area contributed by atoms with Crippen molar-refractivity contribution in [2.45, 2.75) is 38.3 Å². The summed E-state index contributed by atoms with van der Waals surface area (Å²) in [6.45, 7) is 10.6. The number of aromatic nitrogens is 4. The van der Waals surface area contributed by atoms with Crippen LogP contribution in [-0.2, 0) is 11.0 Å². The molecule has 4 N–H and O–H groups in total. The highest BCUT2D eigenvalue weighted by molar-refractivity contribution is 9.10. The number of nitrogens with one attached hydrogen (secondary N) is 3. The number of rotatable bonds is 10. The molecule has 4 heterocycles. The van der Waals surface area contributed by atoms with Crippen LogP contribution < -0.4 is 30.9 Å². The lowest BCUT2D eigenvalue weighted by atomic mass is 9.99. The van der Waals surface area contributed by atoms with E-state index >= 15 is 0 Å². The summed E-state index contributed by atoms with van der Waals surface area (Å²) in [6.07, 6.45) is 7.96. The molecule has 6 rings (SSSR count).